The highest BCUT2D eigenvalue weighted by Crippen LogP contribution is 2.20. The van der Waals surface area contributed by atoms with Crippen LogP contribution in [0.25, 0.3) is 10.8 Å². The van der Waals surface area contributed by atoms with Gasteiger partial charge in [0.25, 0.3) is 5.56 Å². The predicted octanol–water partition coefficient (Wildman–Crippen LogP) is 1.21. The molecule has 1 amide bonds. The summed E-state index contributed by atoms with van der Waals surface area (Å²) in [5.41, 5.74) is 1.83. The monoisotopic (exact) mass is 341 g/mol. The number of amides is 1. The molecule has 3 rings (SSSR count). The molecule has 0 aliphatic rings. The highest BCUT2D eigenvalue weighted by molar-refractivity contribution is 5.90. The molecule has 1 atom stereocenters. The minimum atomic E-state index is -0.511. The van der Waals surface area contributed by atoms with Gasteiger partial charge < -0.3 is 10.1 Å². The lowest BCUT2D eigenvalue weighted by Crippen LogP contribution is -2.29. The molecule has 0 radical (unpaired) electrons. The van der Waals surface area contributed by atoms with E-state index in [1.165, 1.54) is 0 Å². The molecular weight excluding hydrogens is 322 g/mol. The summed E-state index contributed by atoms with van der Waals surface area (Å²) in [5, 5.41) is 17.5. The number of carbonyl (C=O) groups excluding carboxylic acids is 1. The zero-order chi connectivity index (χ0) is 17.8. The molecule has 0 saturated heterocycles. The van der Waals surface area contributed by atoms with Gasteiger partial charge in [-0.2, -0.15) is 10.2 Å². The average Bonchev–Trinajstić information content (AvgIpc) is 3.07. The van der Waals surface area contributed by atoms with Crippen LogP contribution < -0.4 is 10.9 Å². The number of aromatic nitrogens is 4. The molecular formula is C17H19N5O3. The lowest BCUT2D eigenvalue weighted by atomic mass is 10.0. The second kappa shape index (κ2) is 7.27. The first-order valence-electron chi connectivity index (χ1n) is 7.87. The van der Waals surface area contributed by atoms with E-state index in [1.54, 1.807) is 32.2 Å². The normalized spacial score (nSPS) is 12.2. The lowest BCUT2D eigenvalue weighted by Gasteiger charge is -2.13. The van der Waals surface area contributed by atoms with E-state index in [2.05, 4.69) is 25.7 Å². The highest BCUT2D eigenvalue weighted by Gasteiger charge is 2.20. The van der Waals surface area contributed by atoms with Crippen LogP contribution in [0.1, 0.15) is 29.9 Å². The molecule has 0 aliphatic carbocycles. The van der Waals surface area contributed by atoms with Crippen molar-refractivity contribution in [3.05, 3.63) is 57.8 Å². The second-order valence-electron chi connectivity index (χ2n) is 5.74. The van der Waals surface area contributed by atoms with E-state index >= 15 is 0 Å². The first-order valence-corrected chi connectivity index (χ1v) is 7.87. The third-order valence-corrected chi connectivity index (χ3v) is 3.96. The third kappa shape index (κ3) is 3.58. The lowest BCUT2D eigenvalue weighted by molar-refractivity contribution is -0.122. The number of hydrogen-bond acceptors (Lipinski definition) is 5. The van der Waals surface area contributed by atoms with Crippen molar-refractivity contribution in [2.45, 2.75) is 26.0 Å². The Balaban J connectivity index is 1.74. The van der Waals surface area contributed by atoms with Crippen molar-refractivity contribution in [1.82, 2.24) is 25.7 Å². The van der Waals surface area contributed by atoms with Crippen LogP contribution in [0.4, 0.5) is 0 Å². The molecule has 0 fully saturated rings. The van der Waals surface area contributed by atoms with E-state index < -0.39 is 5.92 Å². The molecule has 0 spiro atoms. The van der Waals surface area contributed by atoms with Crippen LogP contribution in [0.5, 0.6) is 0 Å². The summed E-state index contributed by atoms with van der Waals surface area (Å²) in [6, 6.07) is 8.94. The quantitative estimate of drug-likeness (QED) is 0.624. The largest absolute Gasteiger partial charge is 0.378 e. The molecule has 3 aromatic rings. The Labute approximate surface area is 143 Å². The number of aromatic amines is 2. The van der Waals surface area contributed by atoms with Crippen molar-refractivity contribution >= 4 is 16.7 Å². The van der Waals surface area contributed by atoms with Crippen molar-refractivity contribution in [1.29, 1.82) is 0 Å². The Hall–Kier alpha value is -3.00. The van der Waals surface area contributed by atoms with Gasteiger partial charge in [-0.05, 0) is 19.1 Å². The fraction of sp³-hybridized carbons (Fsp3) is 0.294. The van der Waals surface area contributed by atoms with Crippen LogP contribution in [0.3, 0.4) is 0 Å². The summed E-state index contributed by atoms with van der Waals surface area (Å²) in [7, 11) is 1.60. The molecule has 1 aromatic carbocycles. The van der Waals surface area contributed by atoms with E-state index in [0.717, 1.165) is 11.4 Å². The molecule has 3 N–H and O–H groups in total. The number of rotatable bonds is 6. The Morgan fingerprint density at radius 2 is 2.00 bits per heavy atom. The van der Waals surface area contributed by atoms with Gasteiger partial charge >= 0.3 is 0 Å². The van der Waals surface area contributed by atoms with Gasteiger partial charge in [-0.3, -0.25) is 14.7 Å². The number of benzene rings is 1. The van der Waals surface area contributed by atoms with Crippen LogP contribution in [-0.4, -0.2) is 33.4 Å². The number of carbonyl (C=O) groups is 1. The zero-order valence-electron chi connectivity index (χ0n) is 14.0. The van der Waals surface area contributed by atoms with Crippen molar-refractivity contribution in [3.8, 4) is 0 Å². The Morgan fingerprint density at radius 1 is 1.24 bits per heavy atom. The Bertz CT molecular complexity index is 947. The maximum Gasteiger partial charge on any atom is 0.272 e. The number of fused-ring (bicyclic) bond motifs is 1. The molecule has 8 heteroatoms. The number of H-pyrrole nitrogens is 2. The molecule has 0 bridgehead atoms. The summed E-state index contributed by atoms with van der Waals surface area (Å²) >= 11 is 0. The summed E-state index contributed by atoms with van der Waals surface area (Å²) < 4.78 is 5.01. The van der Waals surface area contributed by atoms with E-state index in [9.17, 15) is 9.59 Å². The number of ether oxygens (including phenoxy) is 1. The van der Waals surface area contributed by atoms with E-state index in [4.69, 9.17) is 4.74 Å². The molecule has 0 aliphatic heterocycles. The van der Waals surface area contributed by atoms with Crippen LogP contribution in [0.15, 0.2) is 35.1 Å². The van der Waals surface area contributed by atoms with Crippen LogP contribution in [-0.2, 0) is 22.7 Å². The smallest absolute Gasteiger partial charge is 0.272 e. The molecule has 0 unspecified atom stereocenters. The van der Waals surface area contributed by atoms with Gasteiger partial charge in [0.15, 0.2) is 0 Å². The summed E-state index contributed by atoms with van der Waals surface area (Å²) in [6.07, 6.45) is 0. The molecule has 130 valence electrons. The number of hydrogen-bond donors (Lipinski definition) is 3. The highest BCUT2D eigenvalue weighted by atomic mass is 16.5. The minimum Gasteiger partial charge on any atom is -0.378 e. The summed E-state index contributed by atoms with van der Waals surface area (Å²) in [6.45, 7) is 2.49. The van der Waals surface area contributed by atoms with E-state index in [-0.39, 0.29) is 11.5 Å². The van der Waals surface area contributed by atoms with Crippen LogP contribution >= 0.6 is 0 Å². The number of nitrogens with one attached hydrogen (secondary N) is 3. The van der Waals surface area contributed by atoms with Gasteiger partial charge in [0.05, 0.1) is 41.5 Å². The standard InChI is InChI=1S/C17H19N5O3/c1-10(15-13-5-3-4-6-14(13)17(24)22-21-15)16(23)18-8-11-7-12(9-25-2)20-19-11/h3-7,10H,8-9H2,1-2H3,(H,18,23)(H,19,20)(H,22,24)/t10-/m0/s1. The number of nitrogens with zero attached hydrogens (tertiary/aromatic N) is 2. The van der Waals surface area contributed by atoms with E-state index in [1.807, 2.05) is 12.1 Å². The fourth-order valence-corrected chi connectivity index (χ4v) is 2.65. The average molecular weight is 341 g/mol. The summed E-state index contributed by atoms with van der Waals surface area (Å²) in [5.74, 6) is -0.698. The SMILES string of the molecule is COCc1cc(CNC(=O)[C@@H](C)c2n[nH]c(=O)c3ccccc23)[nH]n1. The van der Waals surface area contributed by atoms with Gasteiger partial charge in [-0.15, -0.1) is 0 Å². The van der Waals surface area contributed by atoms with E-state index in [0.29, 0.717) is 29.6 Å². The molecule has 0 saturated carbocycles. The first-order chi connectivity index (χ1) is 12.1. The fourth-order valence-electron chi connectivity index (χ4n) is 2.65. The van der Waals surface area contributed by atoms with Gasteiger partial charge in [0.2, 0.25) is 5.91 Å². The van der Waals surface area contributed by atoms with Crippen molar-refractivity contribution in [2.75, 3.05) is 7.11 Å². The molecule has 8 nitrogen and oxygen atoms in total. The maximum atomic E-state index is 12.5. The number of methoxy groups -OCH3 is 1. The first kappa shape index (κ1) is 16.8. The summed E-state index contributed by atoms with van der Waals surface area (Å²) in [4.78, 5) is 24.3. The zero-order valence-corrected chi connectivity index (χ0v) is 14.0. The molecule has 2 heterocycles. The van der Waals surface area contributed by atoms with Gasteiger partial charge in [-0.1, -0.05) is 18.2 Å². The predicted molar refractivity (Wildman–Crippen MR) is 91.9 cm³/mol. The Morgan fingerprint density at radius 3 is 2.76 bits per heavy atom. The van der Waals surface area contributed by atoms with Crippen molar-refractivity contribution in [2.24, 2.45) is 0 Å². The van der Waals surface area contributed by atoms with Gasteiger partial charge in [0, 0.05) is 12.5 Å². The topological polar surface area (TPSA) is 113 Å². The molecule has 25 heavy (non-hydrogen) atoms. The van der Waals surface area contributed by atoms with Gasteiger partial charge in [0.1, 0.15) is 0 Å². The van der Waals surface area contributed by atoms with Crippen molar-refractivity contribution < 1.29 is 9.53 Å². The van der Waals surface area contributed by atoms with Gasteiger partial charge in [-0.25, -0.2) is 5.10 Å². The second-order valence-corrected chi connectivity index (χ2v) is 5.74. The Kier molecular flexibility index (Phi) is 4.90. The third-order valence-electron chi connectivity index (χ3n) is 3.96. The molecule has 2 aromatic heterocycles. The van der Waals surface area contributed by atoms with Crippen LogP contribution in [0.2, 0.25) is 0 Å². The van der Waals surface area contributed by atoms with Crippen molar-refractivity contribution in [3.63, 3.8) is 0 Å². The maximum absolute atomic E-state index is 12.5. The van der Waals surface area contributed by atoms with Crippen LogP contribution in [0, 0.1) is 0 Å². The minimum absolute atomic E-state index is 0.187.